The number of nitrogens with zero attached hydrogens (tertiary/aromatic N) is 3. The van der Waals surface area contributed by atoms with Crippen LogP contribution in [0.2, 0.25) is 0 Å². The molecule has 0 aliphatic rings. The quantitative estimate of drug-likeness (QED) is 0.712. The van der Waals surface area contributed by atoms with Crippen molar-refractivity contribution >= 4 is 39.1 Å². The molecule has 2 aromatic carbocycles. The first kappa shape index (κ1) is 13.8. The summed E-state index contributed by atoms with van der Waals surface area (Å²) < 4.78 is 2.92. The number of aliphatic imine (C=N–C) groups is 1. The van der Waals surface area contributed by atoms with E-state index in [4.69, 9.17) is 0 Å². The highest BCUT2D eigenvalue weighted by molar-refractivity contribution is 9.10. The molecule has 0 bridgehead atoms. The molecule has 3 aromatic rings. The summed E-state index contributed by atoms with van der Waals surface area (Å²) in [5, 5.41) is 9.83. The van der Waals surface area contributed by atoms with Gasteiger partial charge in [0, 0.05) is 23.3 Å². The zero-order valence-corrected chi connectivity index (χ0v) is 13.3. The molecule has 0 amide bonds. The lowest BCUT2D eigenvalue weighted by molar-refractivity contribution is 0.474. The van der Waals surface area contributed by atoms with Gasteiger partial charge in [0.2, 0.25) is 5.95 Å². The average Bonchev–Trinajstić information content (AvgIpc) is 2.76. The van der Waals surface area contributed by atoms with E-state index in [-0.39, 0.29) is 5.75 Å². The summed E-state index contributed by atoms with van der Waals surface area (Å²) in [6.07, 6.45) is 1.64. The third kappa shape index (κ3) is 2.69. The minimum absolute atomic E-state index is 0.214. The van der Waals surface area contributed by atoms with Gasteiger partial charge in [0.1, 0.15) is 5.75 Å². The van der Waals surface area contributed by atoms with E-state index in [2.05, 4.69) is 25.9 Å². The zero-order valence-electron chi connectivity index (χ0n) is 11.7. The van der Waals surface area contributed by atoms with Crippen LogP contribution in [0.1, 0.15) is 11.1 Å². The molecule has 0 spiro atoms. The van der Waals surface area contributed by atoms with Crippen molar-refractivity contribution in [3.8, 4) is 5.75 Å². The number of rotatable bonds is 2. The number of imidazole rings is 1. The number of phenols is 1. The normalized spacial score (nSPS) is 11.6. The van der Waals surface area contributed by atoms with Crippen LogP contribution in [0.4, 0.5) is 5.95 Å². The molecular weight excluding hydrogens is 330 g/mol. The number of benzene rings is 2. The van der Waals surface area contributed by atoms with Gasteiger partial charge < -0.3 is 9.67 Å². The highest BCUT2D eigenvalue weighted by Crippen LogP contribution is 2.24. The highest BCUT2D eigenvalue weighted by atomic mass is 79.9. The number of aromatic hydroxyl groups is 1. The fraction of sp³-hybridized carbons (Fsp3) is 0.125. The molecule has 0 unspecified atom stereocenters. The molecule has 0 saturated carbocycles. The smallest absolute Gasteiger partial charge is 0.230 e. The van der Waals surface area contributed by atoms with E-state index in [1.807, 2.05) is 48.9 Å². The molecule has 0 fully saturated rings. The van der Waals surface area contributed by atoms with Gasteiger partial charge >= 0.3 is 0 Å². The molecule has 4 nitrogen and oxygen atoms in total. The fourth-order valence-corrected chi connectivity index (χ4v) is 2.52. The lowest BCUT2D eigenvalue weighted by atomic mass is 10.1. The lowest BCUT2D eigenvalue weighted by Crippen LogP contribution is -1.88. The first-order valence-corrected chi connectivity index (χ1v) is 7.29. The van der Waals surface area contributed by atoms with Crippen LogP contribution < -0.4 is 0 Å². The second-order valence-corrected chi connectivity index (χ2v) is 5.84. The number of phenolic OH excluding ortho intramolecular Hbond substituents is 1. The maximum Gasteiger partial charge on any atom is 0.230 e. The van der Waals surface area contributed by atoms with Crippen molar-refractivity contribution in [3.05, 3.63) is 52.0 Å². The molecule has 0 saturated heterocycles. The molecule has 1 heterocycles. The fourth-order valence-electron chi connectivity index (χ4n) is 2.17. The van der Waals surface area contributed by atoms with Crippen LogP contribution in [-0.4, -0.2) is 20.9 Å². The van der Waals surface area contributed by atoms with Crippen LogP contribution in [0.5, 0.6) is 5.75 Å². The summed E-state index contributed by atoms with van der Waals surface area (Å²) >= 11 is 3.46. The van der Waals surface area contributed by atoms with Crippen LogP contribution in [0.3, 0.4) is 0 Å². The topological polar surface area (TPSA) is 50.4 Å². The Bertz CT molecular complexity index is 852. The second-order valence-electron chi connectivity index (χ2n) is 4.92. The van der Waals surface area contributed by atoms with Gasteiger partial charge in [0.25, 0.3) is 0 Å². The molecule has 106 valence electrons. The van der Waals surface area contributed by atoms with E-state index < -0.39 is 0 Å². The monoisotopic (exact) mass is 343 g/mol. The molecule has 0 radical (unpaired) electrons. The van der Waals surface area contributed by atoms with Gasteiger partial charge in [0.15, 0.2) is 0 Å². The van der Waals surface area contributed by atoms with E-state index in [1.165, 1.54) is 0 Å². The van der Waals surface area contributed by atoms with Gasteiger partial charge in [-0.15, -0.1) is 0 Å². The van der Waals surface area contributed by atoms with Crippen LogP contribution in [0, 0.1) is 6.92 Å². The molecule has 0 aliphatic heterocycles. The van der Waals surface area contributed by atoms with Crippen molar-refractivity contribution in [1.82, 2.24) is 9.55 Å². The van der Waals surface area contributed by atoms with Crippen molar-refractivity contribution in [3.63, 3.8) is 0 Å². The summed E-state index contributed by atoms with van der Waals surface area (Å²) in [7, 11) is 1.92. The summed E-state index contributed by atoms with van der Waals surface area (Å²) in [5.74, 6) is 0.815. The van der Waals surface area contributed by atoms with E-state index in [0.717, 1.165) is 21.1 Å². The third-order valence-electron chi connectivity index (χ3n) is 3.32. The largest absolute Gasteiger partial charge is 0.507 e. The van der Waals surface area contributed by atoms with Crippen molar-refractivity contribution < 1.29 is 5.11 Å². The van der Waals surface area contributed by atoms with Gasteiger partial charge in [-0.05, 0) is 37.3 Å². The second kappa shape index (κ2) is 5.33. The van der Waals surface area contributed by atoms with Crippen molar-refractivity contribution in [1.29, 1.82) is 0 Å². The predicted molar refractivity (Wildman–Crippen MR) is 88.5 cm³/mol. The van der Waals surface area contributed by atoms with Gasteiger partial charge in [-0.3, -0.25) is 0 Å². The summed E-state index contributed by atoms with van der Waals surface area (Å²) in [6, 6.07) is 11.3. The number of hydrogen-bond donors (Lipinski definition) is 1. The van der Waals surface area contributed by atoms with Gasteiger partial charge in [-0.2, -0.15) is 0 Å². The summed E-state index contributed by atoms with van der Waals surface area (Å²) in [4.78, 5) is 8.88. The number of fused-ring (bicyclic) bond motifs is 1. The standard InChI is InChI=1S/C16H14BrN3O/c1-10-3-6-15(21)11(7-10)9-18-16-19-13-5-4-12(17)8-14(13)20(16)2/h3-9,21H,1-2H3/b18-9+. The van der Waals surface area contributed by atoms with Crippen molar-refractivity contribution in [2.24, 2.45) is 12.0 Å². The SMILES string of the molecule is Cc1ccc(O)c(/C=N/c2nc3ccc(Br)cc3n2C)c1. The Morgan fingerprint density at radius 2 is 2.05 bits per heavy atom. The maximum absolute atomic E-state index is 9.83. The summed E-state index contributed by atoms with van der Waals surface area (Å²) in [6.45, 7) is 1.98. The average molecular weight is 344 g/mol. The molecule has 0 atom stereocenters. The Morgan fingerprint density at radius 1 is 1.24 bits per heavy atom. The van der Waals surface area contributed by atoms with Crippen LogP contribution >= 0.6 is 15.9 Å². The number of hydrogen-bond acceptors (Lipinski definition) is 3. The van der Waals surface area contributed by atoms with Gasteiger partial charge in [-0.25, -0.2) is 9.98 Å². The minimum atomic E-state index is 0.214. The van der Waals surface area contributed by atoms with Crippen LogP contribution in [-0.2, 0) is 7.05 Å². The first-order valence-electron chi connectivity index (χ1n) is 6.50. The summed E-state index contributed by atoms with van der Waals surface area (Å²) in [5.41, 5.74) is 3.65. The highest BCUT2D eigenvalue weighted by Gasteiger charge is 2.07. The van der Waals surface area contributed by atoms with Crippen LogP contribution in [0.25, 0.3) is 11.0 Å². The Morgan fingerprint density at radius 3 is 2.86 bits per heavy atom. The molecule has 0 aliphatic carbocycles. The molecule has 21 heavy (non-hydrogen) atoms. The van der Waals surface area contributed by atoms with E-state index in [9.17, 15) is 5.11 Å². The lowest BCUT2D eigenvalue weighted by Gasteiger charge is -2.00. The van der Waals surface area contributed by atoms with Crippen molar-refractivity contribution in [2.45, 2.75) is 6.92 Å². The Balaban J connectivity index is 2.03. The van der Waals surface area contributed by atoms with Gasteiger partial charge in [0.05, 0.1) is 11.0 Å². The van der Waals surface area contributed by atoms with E-state index in [0.29, 0.717) is 11.5 Å². The Kier molecular flexibility index (Phi) is 3.51. The van der Waals surface area contributed by atoms with E-state index in [1.54, 1.807) is 12.3 Å². The predicted octanol–water partition coefficient (Wildman–Crippen LogP) is 4.10. The number of aryl methyl sites for hydroxylation is 2. The zero-order chi connectivity index (χ0) is 15.0. The van der Waals surface area contributed by atoms with Gasteiger partial charge in [-0.1, -0.05) is 27.6 Å². The molecule has 1 aromatic heterocycles. The minimum Gasteiger partial charge on any atom is -0.507 e. The van der Waals surface area contributed by atoms with E-state index >= 15 is 0 Å². The number of halogens is 1. The molecule has 3 rings (SSSR count). The molecular formula is C16H14BrN3O. The third-order valence-corrected chi connectivity index (χ3v) is 3.81. The van der Waals surface area contributed by atoms with Crippen LogP contribution in [0.15, 0.2) is 45.9 Å². The number of aromatic nitrogens is 2. The Hall–Kier alpha value is -2.14. The Labute approximate surface area is 130 Å². The first-order chi connectivity index (χ1) is 10.0. The van der Waals surface area contributed by atoms with Crippen molar-refractivity contribution in [2.75, 3.05) is 0 Å². The molecule has 1 N–H and O–H groups in total. The molecule has 5 heteroatoms. The maximum atomic E-state index is 9.83.